The van der Waals surface area contributed by atoms with Gasteiger partial charge in [0.2, 0.25) is 5.88 Å². The lowest BCUT2D eigenvalue weighted by Gasteiger charge is -2.14. The molecular formula is C24H23F3N2O2S. The number of alkyl halides is 3. The van der Waals surface area contributed by atoms with Crippen LogP contribution in [0.4, 0.5) is 18.9 Å². The number of rotatable bonds is 8. The van der Waals surface area contributed by atoms with Crippen LogP contribution in [-0.2, 0) is 12.8 Å². The van der Waals surface area contributed by atoms with Gasteiger partial charge in [-0.15, -0.1) is 0 Å². The second-order valence-corrected chi connectivity index (χ2v) is 9.34. The van der Waals surface area contributed by atoms with Crippen LogP contribution >= 0.6 is 11.9 Å². The molecule has 1 N–H and O–H groups in total. The van der Waals surface area contributed by atoms with Crippen molar-refractivity contribution >= 4 is 17.6 Å². The van der Waals surface area contributed by atoms with E-state index in [1.807, 2.05) is 24.3 Å². The largest absolute Gasteiger partial charge is 0.489 e. The maximum atomic E-state index is 12.9. The van der Waals surface area contributed by atoms with Crippen LogP contribution < -0.4 is 14.2 Å². The number of benzene rings is 2. The average molecular weight is 461 g/mol. The molecule has 0 spiro atoms. The molecule has 4 nitrogen and oxygen atoms in total. The fourth-order valence-electron chi connectivity index (χ4n) is 3.07. The molecule has 0 radical (unpaired) electrons. The number of pyridine rings is 1. The molecule has 2 aromatic carbocycles. The van der Waals surface area contributed by atoms with Gasteiger partial charge < -0.3 is 14.2 Å². The maximum Gasteiger partial charge on any atom is 0.416 e. The topological polar surface area (TPSA) is 43.4 Å². The molecule has 32 heavy (non-hydrogen) atoms. The van der Waals surface area contributed by atoms with Gasteiger partial charge in [-0.2, -0.15) is 13.2 Å². The Morgan fingerprint density at radius 1 is 1.06 bits per heavy atom. The minimum atomic E-state index is -4.38. The van der Waals surface area contributed by atoms with Crippen molar-refractivity contribution in [2.45, 2.75) is 37.3 Å². The predicted molar refractivity (Wildman–Crippen MR) is 121 cm³/mol. The first kappa shape index (κ1) is 22.3. The molecule has 1 aliphatic rings. The summed E-state index contributed by atoms with van der Waals surface area (Å²) in [5.74, 6) is 1.08. The van der Waals surface area contributed by atoms with E-state index in [1.54, 1.807) is 37.4 Å². The lowest BCUT2D eigenvalue weighted by Crippen LogP contribution is -2.06. The fraction of sp³-hybridized carbons (Fsp3) is 0.292. The first-order valence-corrected chi connectivity index (χ1v) is 10.9. The molecule has 3 aromatic rings. The van der Waals surface area contributed by atoms with Gasteiger partial charge in [0.15, 0.2) is 0 Å². The van der Waals surface area contributed by atoms with E-state index in [0.29, 0.717) is 17.2 Å². The van der Waals surface area contributed by atoms with Crippen LogP contribution in [0.5, 0.6) is 11.6 Å². The average Bonchev–Trinajstić information content (AvgIpc) is 3.53. The Morgan fingerprint density at radius 2 is 1.84 bits per heavy atom. The van der Waals surface area contributed by atoms with Gasteiger partial charge in [0.05, 0.1) is 12.7 Å². The number of ether oxygens (including phenoxy) is 2. The molecule has 0 saturated heterocycles. The fourth-order valence-corrected chi connectivity index (χ4v) is 3.88. The molecule has 1 aliphatic carbocycles. The number of hydrogen-bond donors (Lipinski definition) is 1. The quantitative estimate of drug-likeness (QED) is 0.368. The van der Waals surface area contributed by atoms with Crippen LogP contribution in [-0.4, -0.2) is 16.8 Å². The van der Waals surface area contributed by atoms with Gasteiger partial charge in [-0.3, -0.25) is 0 Å². The van der Waals surface area contributed by atoms with Crippen molar-refractivity contribution < 1.29 is 22.6 Å². The molecule has 0 aliphatic heterocycles. The number of halogens is 3. The van der Waals surface area contributed by atoms with Crippen LogP contribution in [0.1, 0.15) is 30.9 Å². The molecule has 1 aromatic heterocycles. The Bertz CT molecular complexity index is 1100. The second kappa shape index (κ2) is 8.94. The van der Waals surface area contributed by atoms with Gasteiger partial charge in [0.1, 0.15) is 18.0 Å². The van der Waals surface area contributed by atoms with E-state index < -0.39 is 11.7 Å². The zero-order chi connectivity index (χ0) is 22.8. The van der Waals surface area contributed by atoms with E-state index in [9.17, 15) is 13.2 Å². The Kier molecular flexibility index (Phi) is 6.24. The number of nitrogens with one attached hydrogen (secondary N) is 1. The van der Waals surface area contributed by atoms with Gasteiger partial charge in [0.25, 0.3) is 0 Å². The smallest absolute Gasteiger partial charge is 0.416 e. The van der Waals surface area contributed by atoms with E-state index in [2.05, 4.69) is 16.6 Å². The molecule has 0 atom stereocenters. The third-order valence-electron chi connectivity index (χ3n) is 5.23. The van der Waals surface area contributed by atoms with Crippen molar-refractivity contribution in [2.75, 3.05) is 11.8 Å². The maximum absolute atomic E-state index is 12.9. The predicted octanol–water partition coefficient (Wildman–Crippen LogP) is 6.97. The van der Waals surface area contributed by atoms with Crippen molar-refractivity contribution in [2.24, 2.45) is 0 Å². The van der Waals surface area contributed by atoms with Gasteiger partial charge in [-0.1, -0.05) is 24.3 Å². The van der Waals surface area contributed by atoms with Crippen molar-refractivity contribution in [3.63, 3.8) is 0 Å². The molecule has 0 unspecified atom stereocenters. The summed E-state index contributed by atoms with van der Waals surface area (Å²) in [5, 5.41) is 0. The molecular weight excluding hydrogens is 437 g/mol. The van der Waals surface area contributed by atoms with Gasteiger partial charge >= 0.3 is 6.18 Å². The molecule has 1 saturated carbocycles. The van der Waals surface area contributed by atoms with Gasteiger partial charge in [0, 0.05) is 16.5 Å². The molecule has 1 heterocycles. The summed E-state index contributed by atoms with van der Waals surface area (Å²) in [4.78, 5) is 4.41. The minimum absolute atomic E-state index is 0.0380. The standard InChI is InChI=1S/C24H23F3N2O2S/c1-23(9-10-23)32-29-21-13-18(14-28-22(21)30-2)17-6-4-8-20(12-17)31-15-16-5-3-7-19(11-16)24(25,26)27/h3-8,11-14,29H,9-10,15H2,1-2H3. The van der Waals surface area contributed by atoms with Crippen LogP contribution in [0.15, 0.2) is 60.8 Å². The lowest BCUT2D eigenvalue weighted by atomic mass is 10.1. The summed E-state index contributed by atoms with van der Waals surface area (Å²) in [6.45, 7) is 2.25. The zero-order valence-electron chi connectivity index (χ0n) is 17.7. The van der Waals surface area contributed by atoms with Crippen molar-refractivity contribution in [3.05, 3.63) is 71.9 Å². The first-order valence-electron chi connectivity index (χ1n) is 10.1. The summed E-state index contributed by atoms with van der Waals surface area (Å²) in [7, 11) is 1.58. The lowest BCUT2D eigenvalue weighted by molar-refractivity contribution is -0.137. The van der Waals surface area contributed by atoms with Crippen LogP contribution in [0.2, 0.25) is 0 Å². The minimum Gasteiger partial charge on any atom is -0.489 e. The van der Waals surface area contributed by atoms with E-state index in [4.69, 9.17) is 9.47 Å². The van der Waals surface area contributed by atoms with E-state index in [0.717, 1.165) is 28.9 Å². The van der Waals surface area contributed by atoms with Gasteiger partial charge in [-0.25, -0.2) is 4.98 Å². The summed E-state index contributed by atoms with van der Waals surface area (Å²) < 4.78 is 53.5. The number of nitrogens with zero attached hydrogens (tertiary/aromatic N) is 1. The third-order valence-corrected chi connectivity index (χ3v) is 6.46. The number of aromatic nitrogens is 1. The van der Waals surface area contributed by atoms with Crippen molar-refractivity contribution in [3.8, 4) is 22.8 Å². The molecule has 1 fully saturated rings. The summed E-state index contributed by atoms with van der Waals surface area (Å²) >= 11 is 1.67. The zero-order valence-corrected chi connectivity index (χ0v) is 18.5. The molecule has 0 amide bonds. The van der Waals surface area contributed by atoms with Crippen LogP contribution in [0.3, 0.4) is 0 Å². The normalized spacial score (nSPS) is 14.7. The summed E-state index contributed by atoms with van der Waals surface area (Å²) in [6, 6.07) is 14.5. The highest BCUT2D eigenvalue weighted by molar-refractivity contribution is 8.02. The first-order chi connectivity index (χ1) is 15.3. The van der Waals surface area contributed by atoms with E-state index in [-0.39, 0.29) is 11.4 Å². The SMILES string of the molecule is COc1ncc(-c2cccc(OCc3cccc(C(F)(F)F)c3)c2)cc1NSC1(C)CC1. The number of hydrogen-bond acceptors (Lipinski definition) is 5. The Hall–Kier alpha value is -2.87. The number of anilines is 1. The van der Waals surface area contributed by atoms with Crippen molar-refractivity contribution in [1.82, 2.24) is 4.98 Å². The molecule has 4 rings (SSSR count). The Morgan fingerprint density at radius 3 is 2.56 bits per heavy atom. The summed E-state index contributed by atoms with van der Waals surface area (Å²) in [6.07, 6.45) is -0.311. The van der Waals surface area contributed by atoms with E-state index >= 15 is 0 Å². The van der Waals surface area contributed by atoms with Crippen LogP contribution in [0.25, 0.3) is 11.1 Å². The highest BCUT2D eigenvalue weighted by Crippen LogP contribution is 2.48. The third kappa shape index (κ3) is 5.48. The van der Waals surface area contributed by atoms with Gasteiger partial charge in [-0.05, 0) is 73.2 Å². The highest BCUT2D eigenvalue weighted by Gasteiger charge is 2.38. The molecule has 8 heteroatoms. The van der Waals surface area contributed by atoms with Crippen LogP contribution in [0, 0.1) is 0 Å². The summed E-state index contributed by atoms with van der Waals surface area (Å²) in [5.41, 5.74) is 2.31. The second-order valence-electron chi connectivity index (χ2n) is 7.95. The highest BCUT2D eigenvalue weighted by atomic mass is 32.2. The van der Waals surface area contributed by atoms with E-state index in [1.165, 1.54) is 18.9 Å². The monoisotopic (exact) mass is 460 g/mol. The molecule has 168 valence electrons. The van der Waals surface area contributed by atoms with Crippen molar-refractivity contribution in [1.29, 1.82) is 0 Å². The Balaban J connectivity index is 1.49. The molecule has 0 bridgehead atoms. The Labute approximate surface area is 189 Å². The number of methoxy groups -OCH3 is 1.